The van der Waals surface area contributed by atoms with E-state index in [1.807, 2.05) is 4.90 Å². The highest BCUT2D eigenvalue weighted by molar-refractivity contribution is 5.97. The first-order valence-electron chi connectivity index (χ1n) is 10.8. The number of nitrogens with zero attached hydrogens (tertiary/aromatic N) is 3. The van der Waals surface area contributed by atoms with Gasteiger partial charge in [0, 0.05) is 30.9 Å². The van der Waals surface area contributed by atoms with Crippen molar-refractivity contribution in [1.82, 2.24) is 24.8 Å². The minimum atomic E-state index is -4.55. The molecule has 182 valence electrons. The van der Waals surface area contributed by atoms with E-state index in [1.54, 1.807) is 12.1 Å². The summed E-state index contributed by atoms with van der Waals surface area (Å²) >= 11 is 0. The first-order chi connectivity index (χ1) is 16.2. The molecule has 1 aromatic carbocycles. The molecule has 0 aliphatic carbocycles. The van der Waals surface area contributed by atoms with Crippen molar-refractivity contribution in [2.45, 2.75) is 31.1 Å². The molecule has 12 heteroatoms. The monoisotopic (exact) mass is 479 g/mol. The standard InChI is InChI=1S/C22H24F3N5O4/c23-22(24,25)14-2-4-19(26-10-14)30-18-9-13(1-3-17(18)28-21(30)34)20(33)27-15-5-7-29(8-6-15)16(11-31)12-32/h1-4,9-10,15-16,31-32H,5-8,11-12H2,(H,27,33)(H,28,34). The second kappa shape index (κ2) is 9.57. The molecular weight excluding hydrogens is 455 g/mol. The third-order valence-electron chi connectivity index (χ3n) is 6.05. The lowest BCUT2D eigenvalue weighted by molar-refractivity contribution is -0.137. The largest absolute Gasteiger partial charge is 0.417 e. The van der Waals surface area contributed by atoms with E-state index in [0.717, 1.165) is 16.7 Å². The molecule has 1 aliphatic rings. The van der Waals surface area contributed by atoms with Crippen LogP contribution in [0.5, 0.6) is 0 Å². The minimum Gasteiger partial charge on any atom is -0.395 e. The van der Waals surface area contributed by atoms with Crippen molar-refractivity contribution in [3.8, 4) is 5.82 Å². The topological polar surface area (TPSA) is 123 Å². The van der Waals surface area contributed by atoms with Gasteiger partial charge in [-0.15, -0.1) is 0 Å². The second-order valence-corrected chi connectivity index (χ2v) is 8.20. The lowest BCUT2D eigenvalue weighted by atomic mass is 10.0. The highest BCUT2D eigenvalue weighted by Gasteiger charge is 2.31. The molecule has 3 aromatic rings. The Hall–Kier alpha value is -3.22. The highest BCUT2D eigenvalue weighted by atomic mass is 19.4. The molecular formula is C22H24F3N5O4. The summed E-state index contributed by atoms with van der Waals surface area (Å²) in [6.45, 7) is 0.957. The lowest BCUT2D eigenvalue weighted by Gasteiger charge is -2.36. The predicted octanol–water partition coefficient (Wildman–Crippen LogP) is 1.28. The van der Waals surface area contributed by atoms with Gasteiger partial charge >= 0.3 is 11.9 Å². The summed E-state index contributed by atoms with van der Waals surface area (Å²) in [4.78, 5) is 33.7. The van der Waals surface area contributed by atoms with Crippen molar-refractivity contribution < 1.29 is 28.2 Å². The summed E-state index contributed by atoms with van der Waals surface area (Å²) in [5, 5.41) is 21.6. The fourth-order valence-corrected chi connectivity index (χ4v) is 4.12. The number of amides is 1. The van der Waals surface area contributed by atoms with E-state index >= 15 is 0 Å². The van der Waals surface area contributed by atoms with E-state index in [-0.39, 0.29) is 42.6 Å². The number of aromatic amines is 1. The van der Waals surface area contributed by atoms with E-state index in [0.29, 0.717) is 43.2 Å². The number of fused-ring (bicyclic) bond motifs is 1. The van der Waals surface area contributed by atoms with Gasteiger partial charge in [0.1, 0.15) is 5.82 Å². The maximum Gasteiger partial charge on any atom is 0.417 e. The average molecular weight is 479 g/mol. The number of alkyl halides is 3. The number of likely N-dealkylation sites (tertiary alicyclic amines) is 1. The quantitative estimate of drug-likeness (QED) is 0.423. The van der Waals surface area contributed by atoms with E-state index in [9.17, 15) is 33.0 Å². The Kier molecular flexibility index (Phi) is 6.73. The van der Waals surface area contributed by atoms with Gasteiger partial charge in [0.15, 0.2) is 0 Å². The van der Waals surface area contributed by atoms with Gasteiger partial charge in [-0.05, 0) is 43.2 Å². The Labute approximate surface area is 191 Å². The molecule has 3 heterocycles. The van der Waals surface area contributed by atoms with Gasteiger partial charge in [0.25, 0.3) is 5.91 Å². The number of pyridine rings is 1. The van der Waals surface area contributed by atoms with Crippen LogP contribution in [0.1, 0.15) is 28.8 Å². The number of piperidine rings is 1. The van der Waals surface area contributed by atoms with Gasteiger partial charge in [-0.2, -0.15) is 13.2 Å². The van der Waals surface area contributed by atoms with Crippen molar-refractivity contribution >= 4 is 16.9 Å². The highest BCUT2D eigenvalue weighted by Crippen LogP contribution is 2.29. The lowest BCUT2D eigenvalue weighted by Crippen LogP contribution is -2.50. The number of benzene rings is 1. The molecule has 34 heavy (non-hydrogen) atoms. The fourth-order valence-electron chi connectivity index (χ4n) is 4.12. The van der Waals surface area contributed by atoms with Crippen LogP contribution in [0.2, 0.25) is 0 Å². The van der Waals surface area contributed by atoms with Crippen molar-refractivity contribution in [2.24, 2.45) is 0 Å². The molecule has 2 aromatic heterocycles. The van der Waals surface area contributed by atoms with Gasteiger partial charge < -0.3 is 20.5 Å². The van der Waals surface area contributed by atoms with Gasteiger partial charge in [-0.1, -0.05) is 0 Å². The minimum absolute atomic E-state index is 0.00324. The summed E-state index contributed by atoms with van der Waals surface area (Å²) in [5.41, 5.74) is -0.503. The van der Waals surface area contributed by atoms with Crippen molar-refractivity contribution in [3.05, 3.63) is 58.1 Å². The van der Waals surface area contributed by atoms with Crippen LogP contribution in [0.25, 0.3) is 16.9 Å². The number of aromatic nitrogens is 3. The first kappa shape index (κ1) is 23.9. The molecule has 0 unspecified atom stereocenters. The van der Waals surface area contributed by atoms with Crippen molar-refractivity contribution in [2.75, 3.05) is 26.3 Å². The number of aliphatic hydroxyl groups is 2. The number of H-pyrrole nitrogens is 1. The molecule has 1 saturated heterocycles. The molecule has 0 radical (unpaired) electrons. The van der Waals surface area contributed by atoms with Crippen molar-refractivity contribution in [3.63, 3.8) is 0 Å². The van der Waals surface area contributed by atoms with Crippen LogP contribution in [0.4, 0.5) is 13.2 Å². The third-order valence-corrected chi connectivity index (χ3v) is 6.05. The zero-order valence-corrected chi connectivity index (χ0v) is 18.0. The molecule has 0 spiro atoms. The Morgan fingerprint density at radius 1 is 1.18 bits per heavy atom. The van der Waals surface area contributed by atoms with Gasteiger partial charge in [0.05, 0.1) is 35.9 Å². The molecule has 9 nitrogen and oxygen atoms in total. The Bertz CT molecular complexity index is 1210. The fraction of sp³-hybridized carbons (Fsp3) is 0.409. The maximum absolute atomic E-state index is 12.9. The number of imidazole rings is 1. The molecule has 4 rings (SSSR count). The molecule has 1 aliphatic heterocycles. The van der Waals surface area contributed by atoms with E-state index in [2.05, 4.69) is 15.3 Å². The molecule has 0 atom stereocenters. The van der Waals surface area contributed by atoms with Crippen LogP contribution in [-0.4, -0.2) is 73.9 Å². The zero-order chi connectivity index (χ0) is 24.5. The summed E-state index contributed by atoms with van der Waals surface area (Å²) in [7, 11) is 0. The van der Waals surface area contributed by atoms with E-state index in [4.69, 9.17) is 0 Å². The van der Waals surface area contributed by atoms with Crippen LogP contribution < -0.4 is 11.0 Å². The van der Waals surface area contributed by atoms with E-state index in [1.165, 1.54) is 6.07 Å². The summed E-state index contributed by atoms with van der Waals surface area (Å²) in [5.74, 6) is -0.349. The van der Waals surface area contributed by atoms with Gasteiger partial charge in [0.2, 0.25) is 0 Å². The predicted molar refractivity (Wildman–Crippen MR) is 117 cm³/mol. The van der Waals surface area contributed by atoms with Crippen molar-refractivity contribution in [1.29, 1.82) is 0 Å². The smallest absolute Gasteiger partial charge is 0.395 e. The molecule has 1 amide bonds. The van der Waals surface area contributed by atoms with Crippen LogP contribution in [-0.2, 0) is 6.18 Å². The van der Waals surface area contributed by atoms with Gasteiger partial charge in [-0.3, -0.25) is 9.69 Å². The molecule has 4 N–H and O–H groups in total. The summed E-state index contributed by atoms with van der Waals surface area (Å²) in [6.07, 6.45) is -2.60. The molecule has 0 saturated carbocycles. The number of aliphatic hydroxyl groups excluding tert-OH is 2. The van der Waals surface area contributed by atoms with Gasteiger partial charge in [-0.25, -0.2) is 14.3 Å². The summed E-state index contributed by atoms with van der Waals surface area (Å²) < 4.78 is 39.6. The first-order valence-corrected chi connectivity index (χ1v) is 10.8. The number of nitrogens with one attached hydrogen (secondary N) is 2. The third kappa shape index (κ3) is 4.83. The molecule has 0 bridgehead atoms. The summed E-state index contributed by atoms with van der Waals surface area (Å²) in [6, 6.07) is 6.14. The van der Waals surface area contributed by atoms with Crippen LogP contribution in [0, 0.1) is 0 Å². The van der Waals surface area contributed by atoms with E-state index < -0.39 is 17.4 Å². The maximum atomic E-state index is 12.9. The zero-order valence-electron chi connectivity index (χ0n) is 18.0. The van der Waals surface area contributed by atoms with Crippen LogP contribution in [0.15, 0.2) is 41.3 Å². The number of carbonyl (C=O) groups excluding carboxylic acids is 1. The number of hydrogen-bond acceptors (Lipinski definition) is 6. The van der Waals surface area contributed by atoms with Crippen LogP contribution in [0.3, 0.4) is 0 Å². The number of carbonyl (C=O) groups is 1. The Morgan fingerprint density at radius 2 is 1.88 bits per heavy atom. The normalized spacial score (nSPS) is 15.8. The Morgan fingerprint density at radius 3 is 2.47 bits per heavy atom. The number of halogens is 3. The average Bonchev–Trinajstić information content (AvgIpc) is 3.15. The second-order valence-electron chi connectivity index (χ2n) is 8.20. The SMILES string of the molecule is O=C(NC1CCN(C(CO)CO)CC1)c1ccc2[nH]c(=O)n(-c3ccc(C(F)(F)F)cn3)c2c1. The number of rotatable bonds is 6. The molecule has 1 fully saturated rings. The number of hydrogen-bond donors (Lipinski definition) is 4. The Balaban J connectivity index is 1.52. The van der Waals surface area contributed by atoms with Crippen LogP contribution >= 0.6 is 0 Å².